The van der Waals surface area contributed by atoms with E-state index in [9.17, 15) is 4.79 Å². The van der Waals surface area contributed by atoms with Gasteiger partial charge in [-0.3, -0.25) is 0 Å². The van der Waals surface area contributed by atoms with Gasteiger partial charge in [-0.25, -0.2) is 4.79 Å². The zero-order valence-corrected chi connectivity index (χ0v) is 8.67. The largest absolute Gasteiger partial charge is 0.479 e. The Labute approximate surface area is 87.6 Å². The average Bonchev–Trinajstić information content (AvgIpc) is 2.85. The summed E-state index contributed by atoms with van der Waals surface area (Å²) < 4.78 is 16.1. The third-order valence-corrected chi connectivity index (χ3v) is 2.49. The minimum absolute atomic E-state index is 0.311. The number of carboxylic acid groups (broad SMARTS) is 1. The van der Waals surface area contributed by atoms with E-state index in [0.717, 1.165) is 0 Å². The van der Waals surface area contributed by atoms with Gasteiger partial charge >= 0.3 is 5.97 Å². The first kappa shape index (κ1) is 10.6. The van der Waals surface area contributed by atoms with Crippen LogP contribution in [-0.2, 0) is 19.0 Å². The third kappa shape index (κ3) is 1.90. The average molecular weight is 214 g/mol. The summed E-state index contributed by atoms with van der Waals surface area (Å²) in [4.78, 5) is 10.6. The van der Waals surface area contributed by atoms with Gasteiger partial charge in [-0.1, -0.05) is 6.08 Å². The van der Waals surface area contributed by atoms with E-state index in [4.69, 9.17) is 19.3 Å². The molecule has 0 amide bonds. The topological polar surface area (TPSA) is 68.3 Å². The van der Waals surface area contributed by atoms with Crippen LogP contribution in [0.3, 0.4) is 0 Å². The Balaban J connectivity index is 2.04. The van der Waals surface area contributed by atoms with Crippen LogP contribution in [0.25, 0.3) is 0 Å². The van der Waals surface area contributed by atoms with Crippen molar-refractivity contribution in [1.29, 1.82) is 0 Å². The molecule has 2 heterocycles. The number of hydrogen-bond acceptors (Lipinski definition) is 4. The summed E-state index contributed by atoms with van der Waals surface area (Å²) >= 11 is 0. The number of aliphatic carboxylic acids is 1. The summed E-state index contributed by atoms with van der Waals surface area (Å²) in [5.74, 6) is -1.67. The highest BCUT2D eigenvalue weighted by molar-refractivity contribution is 5.76. The van der Waals surface area contributed by atoms with Crippen molar-refractivity contribution in [2.24, 2.45) is 0 Å². The van der Waals surface area contributed by atoms with E-state index in [0.29, 0.717) is 0 Å². The van der Waals surface area contributed by atoms with Gasteiger partial charge < -0.3 is 19.3 Å². The number of carbonyl (C=O) groups is 1. The lowest BCUT2D eigenvalue weighted by Crippen LogP contribution is -2.29. The Kier molecular flexibility index (Phi) is 2.33. The standard InChI is InChI=1S/C10H14O5/c1-4-5-6(15-10(2,3)14-5)7-8(13-7)9(11)12/h4-8H,1H2,2-3H3,(H,11,12)/t5-,6+,7-,8+/m1/s1. The number of epoxide rings is 1. The fourth-order valence-corrected chi connectivity index (χ4v) is 1.83. The van der Waals surface area contributed by atoms with Crippen molar-refractivity contribution >= 4 is 5.97 Å². The van der Waals surface area contributed by atoms with Gasteiger partial charge in [-0.15, -0.1) is 6.58 Å². The van der Waals surface area contributed by atoms with Gasteiger partial charge in [0.2, 0.25) is 0 Å². The Morgan fingerprint density at radius 2 is 2.07 bits per heavy atom. The predicted octanol–water partition coefficient (Wildman–Crippen LogP) is 0.544. The lowest BCUT2D eigenvalue weighted by molar-refractivity contribution is -0.145. The van der Waals surface area contributed by atoms with Crippen molar-refractivity contribution < 1.29 is 24.1 Å². The van der Waals surface area contributed by atoms with E-state index in [1.807, 2.05) is 0 Å². The van der Waals surface area contributed by atoms with Gasteiger partial charge in [0.15, 0.2) is 11.9 Å². The van der Waals surface area contributed by atoms with Gasteiger partial charge in [-0.05, 0) is 13.8 Å². The maximum atomic E-state index is 10.6. The van der Waals surface area contributed by atoms with Crippen LogP contribution in [0.4, 0.5) is 0 Å². The van der Waals surface area contributed by atoms with Crippen LogP contribution in [0.2, 0.25) is 0 Å². The zero-order chi connectivity index (χ0) is 11.2. The van der Waals surface area contributed by atoms with E-state index in [2.05, 4.69) is 6.58 Å². The molecule has 2 rings (SSSR count). The zero-order valence-electron chi connectivity index (χ0n) is 8.67. The fraction of sp³-hybridized carbons (Fsp3) is 0.700. The highest BCUT2D eigenvalue weighted by Crippen LogP contribution is 2.38. The molecule has 0 bridgehead atoms. The summed E-state index contributed by atoms with van der Waals surface area (Å²) in [7, 11) is 0. The molecule has 15 heavy (non-hydrogen) atoms. The quantitative estimate of drug-likeness (QED) is 0.548. The maximum absolute atomic E-state index is 10.6. The second-order valence-electron chi connectivity index (χ2n) is 4.16. The molecular weight excluding hydrogens is 200 g/mol. The molecule has 2 saturated heterocycles. The lowest BCUT2D eigenvalue weighted by atomic mass is 10.1. The van der Waals surface area contributed by atoms with Crippen LogP contribution >= 0.6 is 0 Å². The van der Waals surface area contributed by atoms with Crippen LogP contribution in [0.5, 0.6) is 0 Å². The normalized spacial score (nSPS) is 42.5. The van der Waals surface area contributed by atoms with E-state index >= 15 is 0 Å². The number of carboxylic acids is 1. The van der Waals surface area contributed by atoms with E-state index in [1.54, 1.807) is 19.9 Å². The first-order valence-electron chi connectivity index (χ1n) is 4.81. The number of ether oxygens (including phenoxy) is 3. The molecule has 84 valence electrons. The predicted molar refractivity (Wildman–Crippen MR) is 50.3 cm³/mol. The van der Waals surface area contributed by atoms with Crippen molar-refractivity contribution in [1.82, 2.24) is 0 Å². The lowest BCUT2D eigenvalue weighted by Gasteiger charge is -2.16. The molecule has 0 unspecified atom stereocenters. The van der Waals surface area contributed by atoms with Crippen molar-refractivity contribution in [3.05, 3.63) is 12.7 Å². The van der Waals surface area contributed by atoms with Gasteiger partial charge in [0.25, 0.3) is 0 Å². The molecule has 5 heteroatoms. The van der Waals surface area contributed by atoms with E-state index in [-0.39, 0.29) is 12.2 Å². The molecule has 1 N–H and O–H groups in total. The summed E-state index contributed by atoms with van der Waals surface area (Å²) in [5.41, 5.74) is 0. The minimum atomic E-state index is -0.962. The van der Waals surface area contributed by atoms with Gasteiger partial charge in [-0.2, -0.15) is 0 Å². The van der Waals surface area contributed by atoms with Crippen LogP contribution < -0.4 is 0 Å². The molecule has 0 aromatic rings. The Hall–Kier alpha value is -0.910. The summed E-state index contributed by atoms with van der Waals surface area (Å²) in [6.07, 6.45) is -0.268. The van der Waals surface area contributed by atoms with Gasteiger partial charge in [0.1, 0.15) is 18.3 Å². The van der Waals surface area contributed by atoms with Crippen LogP contribution in [0.1, 0.15) is 13.8 Å². The molecule has 4 atom stereocenters. The van der Waals surface area contributed by atoms with Crippen molar-refractivity contribution in [3.63, 3.8) is 0 Å². The molecule has 0 radical (unpaired) electrons. The van der Waals surface area contributed by atoms with Crippen LogP contribution in [0, 0.1) is 0 Å². The highest BCUT2D eigenvalue weighted by Gasteiger charge is 2.57. The summed E-state index contributed by atoms with van der Waals surface area (Å²) in [6.45, 7) is 7.19. The molecule has 2 aliphatic rings. The molecule has 2 fully saturated rings. The van der Waals surface area contributed by atoms with E-state index in [1.165, 1.54) is 0 Å². The van der Waals surface area contributed by atoms with Gasteiger partial charge in [0, 0.05) is 0 Å². The third-order valence-electron chi connectivity index (χ3n) is 2.49. The second-order valence-corrected chi connectivity index (χ2v) is 4.16. The molecule has 0 aliphatic carbocycles. The first-order chi connectivity index (χ1) is 6.94. The van der Waals surface area contributed by atoms with Crippen LogP contribution in [0.15, 0.2) is 12.7 Å². The van der Waals surface area contributed by atoms with Crippen molar-refractivity contribution in [2.45, 2.75) is 44.1 Å². The Bertz CT molecular complexity index is 298. The molecule has 0 aromatic heterocycles. The van der Waals surface area contributed by atoms with E-state index < -0.39 is 24.0 Å². The second kappa shape index (κ2) is 3.30. The summed E-state index contributed by atoms with van der Waals surface area (Å²) in [5, 5.41) is 8.73. The maximum Gasteiger partial charge on any atom is 0.335 e. The number of rotatable bonds is 3. The molecular formula is C10H14O5. The molecule has 0 aromatic carbocycles. The van der Waals surface area contributed by atoms with Gasteiger partial charge in [0.05, 0.1) is 0 Å². The van der Waals surface area contributed by atoms with Crippen molar-refractivity contribution in [2.75, 3.05) is 0 Å². The van der Waals surface area contributed by atoms with Crippen LogP contribution in [-0.4, -0.2) is 41.3 Å². The smallest absolute Gasteiger partial charge is 0.335 e. The molecule has 2 aliphatic heterocycles. The molecule has 0 spiro atoms. The first-order valence-corrected chi connectivity index (χ1v) is 4.81. The number of hydrogen-bond donors (Lipinski definition) is 1. The SMILES string of the molecule is C=C[C@H]1OC(C)(C)O[C@@H]1[C@H]1O[C@@H]1C(=O)O. The molecule has 5 nitrogen and oxygen atoms in total. The highest BCUT2D eigenvalue weighted by atomic mass is 16.8. The minimum Gasteiger partial charge on any atom is -0.479 e. The van der Waals surface area contributed by atoms with Crippen molar-refractivity contribution in [3.8, 4) is 0 Å². The molecule has 0 saturated carbocycles. The summed E-state index contributed by atoms with van der Waals surface area (Å²) in [6, 6.07) is 0. The Morgan fingerprint density at radius 1 is 1.40 bits per heavy atom. The monoisotopic (exact) mass is 214 g/mol. The fourth-order valence-electron chi connectivity index (χ4n) is 1.83. The Morgan fingerprint density at radius 3 is 2.53 bits per heavy atom.